The molecule has 0 amide bonds. The second-order valence-electron chi connectivity index (χ2n) is 7.77. The van der Waals surface area contributed by atoms with Crippen LogP contribution in [0.15, 0.2) is 23.0 Å². The van der Waals surface area contributed by atoms with E-state index in [0.29, 0.717) is 35.7 Å². The monoisotopic (exact) mass is 427 g/mol. The van der Waals surface area contributed by atoms with E-state index in [1.165, 1.54) is 0 Å². The zero-order valence-electron chi connectivity index (χ0n) is 17.6. The number of methoxy groups -OCH3 is 1. The van der Waals surface area contributed by atoms with Crippen molar-refractivity contribution in [3.05, 3.63) is 45.4 Å². The Bertz CT molecular complexity index is 1230. The molecule has 31 heavy (non-hydrogen) atoms. The third-order valence-corrected chi connectivity index (χ3v) is 5.67. The summed E-state index contributed by atoms with van der Waals surface area (Å²) in [6.07, 6.45) is 0.274. The summed E-state index contributed by atoms with van der Waals surface area (Å²) in [5.74, 6) is -1.41. The van der Waals surface area contributed by atoms with Crippen LogP contribution in [0.25, 0.3) is 22.2 Å². The molecule has 164 valence electrons. The van der Waals surface area contributed by atoms with Gasteiger partial charge in [0, 0.05) is 61.4 Å². The summed E-state index contributed by atoms with van der Waals surface area (Å²) in [5, 5.41) is 24.1. The zero-order valence-corrected chi connectivity index (χ0v) is 17.6. The molecule has 4 rings (SSSR count). The number of aromatic nitrogens is 2. The van der Waals surface area contributed by atoms with Crippen LogP contribution in [0, 0.1) is 0 Å². The molecular weight excluding hydrogens is 402 g/mol. The van der Waals surface area contributed by atoms with Gasteiger partial charge in [0.1, 0.15) is 11.5 Å². The number of aromatic amines is 1. The standard InChI is InChI=1S/C22H25N3O6/c1-11(10-30-3)23-9-13-6-12-7-15-17(8-16(12)25(13)2)31-5-4-14-19(15)24-21(27)18(20(14)26)22(28)29/h6-8,11,23H,4-5,9-10H2,1-3H3,(H,28,29)(H2,24,26,27). The number of pyridine rings is 1. The van der Waals surface area contributed by atoms with E-state index in [1.54, 1.807) is 7.11 Å². The molecule has 1 unspecified atom stereocenters. The largest absolute Gasteiger partial charge is 0.506 e. The fourth-order valence-corrected chi connectivity index (χ4v) is 4.06. The molecule has 0 saturated carbocycles. The van der Waals surface area contributed by atoms with Gasteiger partial charge in [-0.3, -0.25) is 4.79 Å². The molecule has 1 atom stereocenters. The van der Waals surface area contributed by atoms with E-state index in [4.69, 9.17) is 9.47 Å². The average Bonchev–Trinajstić information content (AvgIpc) is 2.90. The van der Waals surface area contributed by atoms with Gasteiger partial charge in [-0.1, -0.05) is 0 Å². The van der Waals surface area contributed by atoms with Crippen LogP contribution in [0.2, 0.25) is 0 Å². The van der Waals surface area contributed by atoms with Crippen LogP contribution in [-0.4, -0.2) is 52.1 Å². The number of carboxylic acids is 1. The van der Waals surface area contributed by atoms with Crippen molar-refractivity contribution in [3.63, 3.8) is 0 Å². The maximum absolute atomic E-state index is 12.3. The number of fused-ring (bicyclic) bond motifs is 4. The van der Waals surface area contributed by atoms with E-state index in [2.05, 4.69) is 20.9 Å². The summed E-state index contributed by atoms with van der Waals surface area (Å²) in [4.78, 5) is 26.4. The number of carboxylic acid groups (broad SMARTS) is 1. The predicted octanol–water partition coefficient (Wildman–Crippen LogP) is 2.00. The third kappa shape index (κ3) is 3.66. The molecule has 0 fully saturated rings. The molecule has 3 aromatic rings. The lowest BCUT2D eigenvalue weighted by atomic mass is 9.99. The van der Waals surface area contributed by atoms with E-state index in [1.807, 2.05) is 26.1 Å². The first-order valence-corrected chi connectivity index (χ1v) is 10.0. The van der Waals surface area contributed by atoms with Crippen LogP contribution in [0.4, 0.5) is 0 Å². The smallest absolute Gasteiger partial charge is 0.345 e. The molecule has 9 nitrogen and oxygen atoms in total. The van der Waals surface area contributed by atoms with Crippen molar-refractivity contribution < 1.29 is 24.5 Å². The highest BCUT2D eigenvalue weighted by molar-refractivity contribution is 5.94. The lowest BCUT2D eigenvalue weighted by Crippen LogP contribution is -2.30. The fourth-order valence-electron chi connectivity index (χ4n) is 4.06. The van der Waals surface area contributed by atoms with Crippen molar-refractivity contribution >= 4 is 16.9 Å². The number of aryl methyl sites for hydroxylation is 1. The van der Waals surface area contributed by atoms with Gasteiger partial charge >= 0.3 is 5.97 Å². The SMILES string of the molecule is COCC(C)NCc1cc2cc3c(cc2n1C)OCCc1c-3[nH]c(=O)c(C(=O)O)c1O. The zero-order chi connectivity index (χ0) is 22.3. The second kappa shape index (κ2) is 8.09. The number of rotatable bonds is 6. The Hall–Kier alpha value is -3.30. The first kappa shape index (κ1) is 21.0. The van der Waals surface area contributed by atoms with Crippen LogP contribution in [0.3, 0.4) is 0 Å². The molecule has 2 aromatic heterocycles. The molecule has 0 bridgehead atoms. The topological polar surface area (TPSA) is 126 Å². The Morgan fingerprint density at radius 2 is 2.16 bits per heavy atom. The average molecular weight is 427 g/mol. The molecule has 0 spiro atoms. The maximum Gasteiger partial charge on any atom is 0.345 e. The summed E-state index contributed by atoms with van der Waals surface area (Å²) in [6, 6.07) is 6.05. The van der Waals surface area contributed by atoms with Crippen molar-refractivity contribution in [2.75, 3.05) is 20.3 Å². The van der Waals surface area contributed by atoms with Crippen molar-refractivity contribution in [2.24, 2.45) is 7.05 Å². The molecule has 1 aliphatic rings. The minimum atomic E-state index is -1.47. The molecule has 1 aliphatic heterocycles. The van der Waals surface area contributed by atoms with Crippen LogP contribution >= 0.6 is 0 Å². The van der Waals surface area contributed by atoms with Crippen molar-refractivity contribution in [3.8, 4) is 22.8 Å². The van der Waals surface area contributed by atoms with Crippen LogP contribution in [0.1, 0.15) is 28.5 Å². The summed E-state index contributed by atoms with van der Waals surface area (Å²) >= 11 is 0. The van der Waals surface area contributed by atoms with Gasteiger partial charge in [0.2, 0.25) is 0 Å². The van der Waals surface area contributed by atoms with E-state index < -0.39 is 22.8 Å². The highest BCUT2D eigenvalue weighted by Crippen LogP contribution is 2.40. The van der Waals surface area contributed by atoms with Gasteiger partial charge in [0.25, 0.3) is 5.56 Å². The first-order valence-electron chi connectivity index (χ1n) is 10.0. The van der Waals surface area contributed by atoms with Gasteiger partial charge < -0.3 is 34.6 Å². The number of H-pyrrole nitrogens is 1. The number of ether oxygens (including phenoxy) is 2. The molecule has 0 aliphatic carbocycles. The van der Waals surface area contributed by atoms with Gasteiger partial charge in [-0.15, -0.1) is 0 Å². The summed E-state index contributed by atoms with van der Waals surface area (Å²) in [6.45, 7) is 3.56. The number of nitrogens with one attached hydrogen (secondary N) is 2. The number of hydrogen-bond donors (Lipinski definition) is 4. The number of nitrogens with zero attached hydrogens (tertiary/aromatic N) is 1. The Morgan fingerprint density at radius 3 is 2.87 bits per heavy atom. The number of carbonyl (C=O) groups is 1. The van der Waals surface area contributed by atoms with Gasteiger partial charge in [-0.25, -0.2) is 4.79 Å². The number of benzene rings is 1. The van der Waals surface area contributed by atoms with E-state index in [0.717, 1.165) is 16.6 Å². The molecule has 0 radical (unpaired) electrons. The number of aromatic carboxylic acids is 1. The number of hydrogen-bond acceptors (Lipinski definition) is 6. The van der Waals surface area contributed by atoms with Gasteiger partial charge in [-0.2, -0.15) is 0 Å². The predicted molar refractivity (Wildman–Crippen MR) is 115 cm³/mol. The Kier molecular flexibility index (Phi) is 5.47. The minimum absolute atomic E-state index is 0.200. The molecule has 4 N–H and O–H groups in total. The van der Waals surface area contributed by atoms with Crippen LogP contribution in [-0.2, 0) is 24.8 Å². The normalized spacial score (nSPS) is 13.9. The van der Waals surface area contributed by atoms with Crippen molar-refractivity contribution in [1.82, 2.24) is 14.9 Å². The highest BCUT2D eigenvalue weighted by atomic mass is 16.5. The van der Waals surface area contributed by atoms with Crippen molar-refractivity contribution in [2.45, 2.75) is 25.9 Å². The molecule has 9 heteroatoms. The molecule has 3 heterocycles. The van der Waals surface area contributed by atoms with Gasteiger partial charge in [0.15, 0.2) is 5.56 Å². The van der Waals surface area contributed by atoms with E-state index in [-0.39, 0.29) is 19.1 Å². The quantitative estimate of drug-likeness (QED) is 0.474. The fraction of sp³-hybridized carbons (Fsp3) is 0.364. The van der Waals surface area contributed by atoms with Gasteiger partial charge in [-0.05, 0) is 19.1 Å². The first-order chi connectivity index (χ1) is 14.8. The maximum atomic E-state index is 12.3. The van der Waals surface area contributed by atoms with Crippen LogP contribution < -0.4 is 15.6 Å². The molecule has 1 aromatic carbocycles. The summed E-state index contributed by atoms with van der Waals surface area (Å²) < 4.78 is 13.1. The summed E-state index contributed by atoms with van der Waals surface area (Å²) in [7, 11) is 3.64. The third-order valence-electron chi connectivity index (χ3n) is 5.67. The summed E-state index contributed by atoms with van der Waals surface area (Å²) in [5.41, 5.74) is 1.90. The van der Waals surface area contributed by atoms with Crippen LogP contribution in [0.5, 0.6) is 11.5 Å². The highest BCUT2D eigenvalue weighted by Gasteiger charge is 2.26. The molecular formula is C22H25N3O6. The Balaban J connectivity index is 1.82. The van der Waals surface area contributed by atoms with Crippen molar-refractivity contribution in [1.29, 1.82) is 0 Å². The Labute approximate surface area is 178 Å². The lowest BCUT2D eigenvalue weighted by molar-refractivity contribution is 0.0691. The molecule has 0 saturated heterocycles. The second-order valence-corrected chi connectivity index (χ2v) is 7.77. The van der Waals surface area contributed by atoms with E-state index >= 15 is 0 Å². The van der Waals surface area contributed by atoms with E-state index in [9.17, 15) is 19.8 Å². The van der Waals surface area contributed by atoms with Gasteiger partial charge in [0.05, 0.1) is 24.4 Å². The lowest BCUT2D eigenvalue weighted by Gasteiger charge is -2.13. The Morgan fingerprint density at radius 1 is 1.39 bits per heavy atom. The number of aromatic hydroxyl groups is 1. The minimum Gasteiger partial charge on any atom is -0.506 e.